The molecule has 2 rings (SSSR count). The molecule has 0 aliphatic carbocycles. The van der Waals surface area contributed by atoms with Gasteiger partial charge in [0.05, 0.1) is 6.04 Å². The van der Waals surface area contributed by atoms with Gasteiger partial charge in [-0.05, 0) is 25.8 Å². The van der Waals surface area contributed by atoms with Crippen molar-refractivity contribution >= 4 is 0 Å². The van der Waals surface area contributed by atoms with Gasteiger partial charge in [-0.1, -0.05) is 37.5 Å². The second-order valence-corrected chi connectivity index (χ2v) is 6.34. The fraction of sp³-hybridized carbons (Fsp3) is 0.556. The number of ether oxygens (including phenoxy) is 1. The van der Waals surface area contributed by atoms with E-state index in [0.717, 1.165) is 30.6 Å². The highest BCUT2D eigenvalue weighted by Crippen LogP contribution is 2.39. The van der Waals surface area contributed by atoms with Crippen molar-refractivity contribution in [1.82, 2.24) is 5.32 Å². The Kier molecular flexibility index (Phi) is 4.92. The van der Waals surface area contributed by atoms with Crippen LogP contribution in [0.15, 0.2) is 18.2 Å². The standard InChI is InChI=1S/C18H26N2O/c1-5-8-14(6-2)20-16(12-19)15-10-7-9-13-11-18(3,4)21-17(13)15/h2,7,9-10,14,16,20H,5,8,11-12,19H2,1,3-4H3. The lowest BCUT2D eigenvalue weighted by Crippen LogP contribution is -2.36. The molecule has 0 amide bonds. The summed E-state index contributed by atoms with van der Waals surface area (Å²) in [5.74, 6) is 3.80. The van der Waals surface area contributed by atoms with Crippen LogP contribution in [0.5, 0.6) is 5.75 Å². The molecular formula is C18H26N2O. The summed E-state index contributed by atoms with van der Waals surface area (Å²) in [6, 6.07) is 6.37. The van der Waals surface area contributed by atoms with E-state index < -0.39 is 0 Å². The lowest BCUT2D eigenvalue weighted by molar-refractivity contribution is 0.136. The molecule has 1 heterocycles. The van der Waals surface area contributed by atoms with Gasteiger partial charge in [-0.25, -0.2) is 0 Å². The molecule has 1 aromatic carbocycles. The second-order valence-electron chi connectivity index (χ2n) is 6.34. The fourth-order valence-electron chi connectivity index (χ4n) is 2.94. The third kappa shape index (κ3) is 3.58. The zero-order chi connectivity index (χ0) is 15.5. The molecule has 0 spiro atoms. The van der Waals surface area contributed by atoms with Gasteiger partial charge in [-0.3, -0.25) is 5.32 Å². The molecule has 0 bridgehead atoms. The number of para-hydroxylation sites is 1. The van der Waals surface area contributed by atoms with Gasteiger partial charge in [-0.15, -0.1) is 6.42 Å². The summed E-state index contributed by atoms with van der Waals surface area (Å²) in [4.78, 5) is 0. The van der Waals surface area contributed by atoms with Crippen LogP contribution in [0.3, 0.4) is 0 Å². The normalized spacial score (nSPS) is 18.4. The topological polar surface area (TPSA) is 47.3 Å². The van der Waals surface area contributed by atoms with Crippen molar-refractivity contribution in [3.8, 4) is 18.1 Å². The summed E-state index contributed by atoms with van der Waals surface area (Å²) >= 11 is 0. The maximum Gasteiger partial charge on any atom is 0.128 e. The molecule has 1 aliphatic rings. The van der Waals surface area contributed by atoms with E-state index in [4.69, 9.17) is 16.9 Å². The number of benzene rings is 1. The molecule has 1 aromatic rings. The molecule has 0 saturated carbocycles. The summed E-state index contributed by atoms with van der Waals surface area (Å²) in [6.07, 6.45) is 8.55. The summed E-state index contributed by atoms with van der Waals surface area (Å²) in [6.45, 7) is 6.86. The van der Waals surface area contributed by atoms with Crippen LogP contribution >= 0.6 is 0 Å². The second kappa shape index (κ2) is 6.51. The molecule has 2 atom stereocenters. The third-order valence-corrected chi connectivity index (χ3v) is 3.91. The lowest BCUT2D eigenvalue weighted by Gasteiger charge is -2.24. The predicted octanol–water partition coefficient (Wildman–Crippen LogP) is 2.79. The van der Waals surface area contributed by atoms with Crippen molar-refractivity contribution in [2.75, 3.05) is 6.54 Å². The van der Waals surface area contributed by atoms with Crippen molar-refractivity contribution in [2.45, 2.75) is 57.7 Å². The molecule has 1 aliphatic heterocycles. The Morgan fingerprint density at radius 3 is 2.86 bits per heavy atom. The average Bonchev–Trinajstić information content (AvgIpc) is 2.77. The van der Waals surface area contributed by atoms with Gasteiger partial charge in [-0.2, -0.15) is 0 Å². The van der Waals surface area contributed by atoms with Crippen molar-refractivity contribution in [3.05, 3.63) is 29.3 Å². The molecule has 0 aromatic heterocycles. The highest BCUT2D eigenvalue weighted by molar-refractivity contribution is 5.47. The van der Waals surface area contributed by atoms with Gasteiger partial charge in [0.15, 0.2) is 0 Å². The van der Waals surface area contributed by atoms with E-state index in [1.54, 1.807) is 0 Å². The van der Waals surface area contributed by atoms with Crippen LogP contribution in [0.25, 0.3) is 0 Å². The number of hydrogen-bond donors (Lipinski definition) is 2. The van der Waals surface area contributed by atoms with Crippen LogP contribution in [0.2, 0.25) is 0 Å². The Bertz CT molecular complexity index is 531. The summed E-state index contributed by atoms with van der Waals surface area (Å²) in [5.41, 5.74) is 8.21. The predicted molar refractivity (Wildman–Crippen MR) is 87.3 cm³/mol. The molecule has 114 valence electrons. The van der Waals surface area contributed by atoms with Crippen LogP contribution in [0, 0.1) is 12.3 Å². The Hall–Kier alpha value is -1.50. The molecule has 0 saturated heterocycles. The van der Waals surface area contributed by atoms with Gasteiger partial charge in [0.2, 0.25) is 0 Å². The number of terminal acetylenes is 1. The largest absolute Gasteiger partial charge is 0.487 e. The number of fused-ring (bicyclic) bond motifs is 1. The quantitative estimate of drug-likeness (QED) is 0.791. The summed E-state index contributed by atoms with van der Waals surface area (Å²) in [5, 5.41) is 3.49. The molecule has 21 heavy (non-hydrogen) atoms. The number of nitrogens with two attached hydrogens (primary N) is 1. The first-order chi connectivity index (χ1) is 10.0. The fourth-order valence-corrected chi connectivity index (χ4v) is 2.94. The smallest absolute Gasteiger partial charge is 0.128 e. The lowest BCUT2D eigenvalue weighted by atomic mass is 9.97. The Labute approximate surface area is 128 Å². The molecule has 2 unspecified atom stereocenters. The number of rotatable bonds is 6. The Balaban J connectivity index is 2.25. The molecule has 3 heteroatoms. The van der Waals surface area contributed by atoms with Crippen LogP contribution in [-0.4, -0.2) is 18.2 Å². The first-order valence-corrected chi connectivity index (χ1v) is 7.73. The Morgan fingerprint density at radius 1 is 1.48 bits per heavy atom. The molecule has 0 radical (unpaired) electrons. The number of nitrogens with one attached hydrogen (secondary N) is 1. The van der Waals surface area contributed by atoms with Crippen LogP contribution < -0.4 is 15.8 Å². The maximum absolute atomic E-state index is 6.14. The van der Waals surface area contributed by atoms with Crippen molar-refractivity contribution in [2.24, 2.45) is 5.73 Å². The molecule has 0 fully saturated rings. The van der Waals surface area contributed by atoms with Crippen LogP contribution in [-0.2, 0) is 6.42 Å². The molecular weight excluding hydrogens is 260 g/mol. The minimum atomic E-state index is -0.146. The van der Waals surface area contributed by atoms with E-state index in [1.807, 2.05) is 0 Å². The zero-order valence-electron chi connectivity index (χ0n) is 13.3. The first kappa shape index (κ1) is 15.9. The third-order valence-electron chi connectivity index (χ3n) is 3.91. The monoisotopic (exact) mass is 286 g/mol. The van der Waals surface area contributed by atoms with E-state index >= 15 is 0 Å². The molecule has 3 nitrogen and oxygen atoms in total. The average molecular weight is 286 g/mol. The van der Waals surface area contributed by atoms with Crippen LogP contribution in [0.4, 0.5) is 0 Å². The van der Waals surface area contributed by atoms with Gasteiger partial charge in [0.1, 0.15) is 11.4 Å². The van der Waals surface area contributed by atoms with E-state index in [-0.39, 0.29) is 17.7 Å². The zero-order valence-corrected chi connectivity index (χ0v) is 13.3. The Morgan fingerprint density at radius 2 is 2.24 bits per heavy atom. The van der Waals surface area contributed by atoms with Gasteiger partial charge in [0, 0.05) is 24.6 Å². The summed E-state index contributed by atoms with van der Waals surface area (Å²) in [7, 11) is 0. The minimum Gasteiger partial charge on any atom is -0.487 e. The van der Waals surface area contributed by atoms with E-state index in [2.05, 4.69) is 50.2 Å². The van der Waals surface area contributed by atoms with Gasteiger partial charge < -0.3 is 10.5 Å². The van der Waals surface area contributed by atoms with E-state index in [0.29, 0.717) is 6.54 Å². The highest BCUT2D eigenvalue weighted by atomic mass is 16.5. The van der Waals surface area contributed by atoms with Gasteiger partial charge in [0.25, 0.3) is 0 Å². The number of hydrogen-bond acceptors (Lipinski definition) is 3. The maximum atomic E-state index is 6.14. The van der Waals surface area contributed by atoms with Crippen LogP contribution in [0.1, 0.15) is 50.8 Å². The van der Waals surface area contributed by atoms with E-state index in [1.165, 1.54) is 5.56 Å². The van der Waals surface area contributed by atoms with Gasteiger partial charge >= 0.3 is 0 Å². The minimum absolute atomic E-state index is 0.0291. The van der Waals surface area contributed by atoms with Crippen molar-refractivity contribution < 1.29 is 4.74 Å². The van der Waals surface area contributed by atoms with Crippen molar-refractivity contribution in [1.29, 1.82) is 0 Å². The highest BCUT2D eigenvalue weighted by Gasteiger charge is 2.33. The first-order valence-electron chi connectivity index (χ1n) is 7.73. The SMILES string of the molecule is C#CC(CCC)NC(CN)c1cccc2c1OC(C)(C)C2. The summed E-state index contributed by atoms with van der Waals surface area (Å²) < 4.78 is 6.14. The molecule has 3 N–H and O–H groups in total. The van der Waals surface area contributed by atoms with Crippen molar-refractivity contribution in [3.63, 3.8) is 0 Å². The van der Waals surface area contributed by atoms with E-state index in [9.17, 15) is 0 Å².